The van der Waals surface area contributed by atoms with Gasteiger partial charge in [-0.2, -0.15) is 0 Å². The topological polar surface area (TPSA) is 37.4 Å². The number of nitrogens with zero attached hydrogens (tertiary/aromatic N) is 1. The zero-order valence-corrected chi connectivity index (χ0v) is 9.20. The second-order valence-electron chi connectivity index (χ2n) is 5.18. The summed E-state index contributed by atoms with van der Waals surface area (Å²) in [6.07, 6.45) is 0. The van der Waals surface area contributed by atoms with Crippen LogP contribution in [0.2, 0.25) is 0 Å². The van der Waals surface area contributed by atoms with Gasteiger partial charge in [-0.05, 0) is 24.2 Å². The Bertz CT molecular complexity index is 308. The Balaban J connectivity index is 2.23. The first-order valence-electron chi connectivity index (χ1n) is 5.15. The number of carbonyl (C=O) groups excluding carboxylic acids is 2. The summed E-state index contributed by atoms with van der Waals surface area (Å²) in [6, 6.07) is -0.146. The molecular formula is C11H17NO2. The van der Waals surface area contributed by atoms with Crippen molar-refractivity contribution < 1.29 is 9.59 Å². The summed E-state index contributed by atoms with van der Waals surface area (Å²) in [7, 11) is 0. The van der Waals surface area contributed by atoms with E-state index >= 15 is 0 Å². The second-order valence-corrected chi connectivity index (χ2v) is 5.18. The lowest BCUT2D eigenvalue weighted by Crippen LogP contribution is -2.43. The van der Waals surface area contributed by atoms with Crippen LogP contribution in [0.4, 0.5) is 0 Å². The van der Waals surface area contributed by atoms with Gasteiger partial charge in [-0.25, -0.2) is 0 Å². The number of Topliss-reactive ketones (excluding diaryl/α,β-unsaturated/α-hetero) is 1. The van der Waals surface area contributed by atoms with E-state index in [4.69, 9.17) is 0 Å². The van der Waals surface area contributed by atoms with E-state index in [1.54, 1.807) is 18.7 Å². The van der Waals surface area contributed by atoms with Gasteiger partial charge in [-0.3, -0.25) is 9.59 Å². The van der Waals surface area contributed by atoms with Crippen LogP contribution >= 0.6 is 0 Å². The number of likely N-dealkylation sites (tertiary alicyclic amines) is 1. The van der Waals surface area contributed by atoms with Crippen LogP contribution in [0.5, 0.6) is 0 Å². The number of rotatable bonds is 1. The lowest BCUT2D eigenvalue weighted by atomic mass is 9.99. The van der Waals surface area contributed by atoms with Crippen molar-refractivity contribution in [2.24, 2.45) is 17.3 Å². The molecule has 0 aromatic carbocycles. The summed E-state index contributed by atoms with van der Waals surface area (Å²) >= 11 is 0. The van der Waals surface area contributed by atoms with Gasteiger partial charge in [0.2, 0.25) is 5.91 Å². The molecular weight excluding hydrogens is 178 g/mol. The van der Waals surface area contributed by atoms with E-state index in [9.17, 15) is 9.59 Å². The van der Waals surface area contributed by atoms with Gasteiger partial charge in [0.25, 0.3) is 0 Å². The summed E-state index contributed by atoms with van der Waals surface area (Å²) in [5.74, 6) is 1.12. The first-order valence-corrected chi connectivity index (χ1v) is 5.15. The van der Waals surface area contributed by atoms with E-state index in [1.165, 1.54) is 0 Å². The van der Waals surface area contributed by atoms with Crippen molar-refractivity contribution in [3.8, 4) is 0 Å². The van der Waals surface area contributed by atoms with Gasteiger partial charge in [0.15, 0.2) is 5.78 Å². The van der Waals surface area contributed by atoms with E-state index < -0.39 is 0 Å². The van der Waals surface area contributed by atoms with Crippen LogP contribution in [0.15, 0.2) is 0 Å². The van der Waals surface area contributed by atoms with Crippen molar-refractivity contribution in [3.05, 3.63) is 0 Å². The number of fused-ring (bicyclic) bond motifs is 1. The molecule has 2 rings (SSSR count). The molecule has 0 aromatic rings. The Morgan fingerprint density at radius 2 is 1.86 bits per heavy atom. The first kappa shape index (κ1) is 9.69. The van der Waals surface area contributed by atoms with E-state index in [0.29, 0.717) is 11.8 Å². The fourth-order valence-electron chi connectivity index (χ4n) is 3.08. The van der Waals surface area contributed by atoms with Crippen LogP contribution in [-0.4, -0.2) is 29.2 Å². The van der Waals surface area contributed by atoms with Crippen LogP contribution in [0.25, 0.3) is 0 Å². The second kappa shape index (κ2) is 2.59. The molecule has 1 aliphatic carbocycles. The molecule has 1 heterocycles. The fraction of sp³-hybridized carbons (Fsp3) is 0.818. The van der Waals surface area contributed by atoms with Crippen LogP contribution in [-0.2, 0) is 9.59 Å². The molecule has 0 spiro atoms. The molecule has 0 aromatic heterocycles. The number of piperidine rings is 1. The molecule has 1 saturated carbocycles. The van der Waals surface area contributed by atoms with Gasteiger partial charge in [0.1, 0.15) is 0 Å². The average molecular weight is 195 g/mol. The molecule has 14 heavy (non-hydrogen) atoms. The lowest BCUT2D eigenvalue weighted by Gasteiger charge is -2.28. The van der Waals surface area contributed by atoms with Gasteiger partial charge in [0.05, 0.1) is 6.04 Å². The van der Waals surface area contributed by atoms with E-state index in [1.807, 2.05) is 0 Å². The van der Waals surface area contributed by atoms with E-state index in [0.717, 1.165) is 6.54 Å². The van der Waals surface area contributed by atoms with Crippen LogP contribution in [0, 0.1) is 17.3 Å². The summed E-state index contributed by atoms with van der Waals surface area (Å²) in [4.78, 5) is 24.5. The Kier molecular flexibility index (Phi) is 1.79. The molecule has 1 amide bonds. The summed E-state index contributed by atoms with van der Waals surface area (Å²) in [5, 5.41) is 0. The third kappa shape index (κ3) is 1.04. The van der Waals surface area contributed by atoms with Gasteiger partial charge in [0, 0.05) is 13.5 Å². The third-order valence-electron chi connectivity index (χ3n) is 4.03. The predicted molar refractivity (Wildman–Crippen MR) is 52.6 cm³/mol. The molecule has 3 heteroatoms. The Morgan fingerprint density at radius 3 is 2.29 bits per heavy atom. The highest BCUT2D eigenvalue weighted by atomic mass is 16.2. The normalized spacial score (nSPS) is 38.0. The highest BCUT2D eigenvalue weighted by Crippen LogP contribution is 2.64. The minimum Gasteiger partial charge on any atom is -0.332 e. The molecule has 3 atom stereocenters. The molecule has 2 unspecified atom stereocenters. The monoisotopic (exact) mass is 195 g/mol. The number of hydrogen-bond donors (Lipinski definition) is 0. The molecule has 1 saturated heterocycles. The number of carbonyl (C=O) groups is 2. The van der Waals surface area contributed by atoms with Gasteiger partial charge in [-0.1, -0.05) is 13.8 Å². The maximum Gasteiger partial charge on any atom is 0.220 e. The number of hydrogen-bond acceptors (Lipinski definition) is 2. The first-order chi connectivity index (χ1) is 6.37. The molecule has 0 radical (unpaired) electrons. The highest BCUT2D eigenvalue weighted by Gasteiger charge is 2.68. The average Bonchev–Trinajstić information content (AvgIpc) is 2.47. The van der Waals surface area contributed by atoms with Crippen LogP contribution in [0.1, 0.15) is 27.7 Å². The van der Waals surface area contributed by atoms with Gasteiger partial charge >= 0.3 is 0 Å². The lowest BCUT2D eigenvalue weighted by molar-refractivity contribution is -0.136. The van der Waals surface area contributed by atoms with Crippen molar-refractivity contribution in [2.75, 3.05) is 6.54 Å². The molecule has 3 nitrogen and oxygen atoms in total. The van der Waals surface area contributed by atoms with Crippen molar-refractivity contribution in [2.45, 2.75) is 33.7 Å². The summed E-state index contributed by atoms with van der Waals surface area (Å²) < 4.78 is 0. The zero-order valence-electron chi connectivity index (χ0n) is 9.20. The Hall–Kier alpha value is -0.860. The molecule has 78 valence electrons. The molecule has 2 aliphatic rings. The van der Waals surface area contributed by atoms with Crippen molar-refractivity contribution in [3.63, 3.8) is 0 Å². The summed E-state index contributed by atoms with van der Waals surface area (Å²) in [6.45, 7) is 8.30. The largest absolute Gasteiger partial charge is 0.332 e. The Morgan fingerprint density at radius 1 is 1.29 bits per heavy atom. The zero-order chi connectivity index (χ0) is 10.7. The van der Waals surface area contributed by atoms with Crippen molar-refractivity contribution >= 4 is 11.7 Å². The molecule has 0 bridgehead atoms. The van der Waals surface area contributed by atoms with Crippen molar-refractivity contribution in [1.82, 2.24) is 4.90 Å². The highest BCUT2D eigenvalue weighted by molar-refractivity contribution is 5.88. The number of amides is 1. The van der Waals surface area contributed by atoms with Crippen LogP contribution in [0.3, 0.4) is 0 Å². The molecule has 0 N–H and O–H groups in total. The maximum atomic E-state index is 11.5. The minimum atomic E-state index is -0.146. The number of ketones is 1. The molecule has 2 fully saturated rings. The third-order valence-corrected chi connectivity index (χ3v) is 4.03. The minimum absolute atomic E-state index is 0.0354. The van der Waals surface area contributed by atoms with E-state index in [2.05, 4.69) is 13.8 Å². The fourth-order valence-corrected chi connectivity index (χ4v) is 3.08. The van der Waals surface area contributed by atoms with E-state index in [-0.39, 0.29) is 23.1 Å². The van der Waals surface area contributed by atoms with Crippen LogP contribution < -0.4 is 0 Å². The van der Waals surface area contributed by atoms with Gasteiger partial charge < -0.3 is 4.90 Å². The quantitative estimate of drug-likeness (QED) is 0.628. The molecule has 1 aliphatic heterocycles. The maximum absolute atomic E-state index is 11.5. The standard InChI is InChI=1S/C11H17NO2/c1-6(13)10-9-8(11(9,3)4)5-12(10)7(2)14/h8-10H,5H2,1-4H3/t8?,9?,10-/m1/s1. The summed E-state index contributed by atoms with van der Waals surface area (Å²) in [5.41, 5.74) is 0.266. The Labute approximate surface area is 84.5 Å². The SMILES string of the molecule is CC(=O)[C@@H]1C2C(CN1C(C)=O)C2(C)C. The van der Waals surface area contributed by atoms with Gasteiger partial charge in [-0.15, -0.1) is 0 Å². The smallest absolute Gasteiger partial charge is 0.220 e. The predicted octanol–water partition coefficient (Wildman–Crippen LogP) is 1.08. The van der Waals surface area contributed by atoms with Crippen molar-refractivity contribution in [1.29, 1.82) is 0 Å².